The molecule has 1 aliphatic rings. The van der Waals surface area contributed by atoms with Crippen LogP contribution in [0.3, 0.4) is 0 Å². The van der Waals surface area contributed by atoms with Crippen molar-refractivity contribution in [2.45, 2.75) is 32.4 Å². The summed E-state index contributed by atoms with van der Waals surface area (Å²) in [7, 11) is 0. The number of carbonyl (C=O) groups is 2. The first-order valence-corrected chi connectivity index (χ1v) is 11.7. The number of rotatable bonds is 5. The fourth-order valence-electron chi connectivity index (χ4n) is 3.91. The van der Waals surface area contributed by atoms with Crippen molar-refractivity contribution in [2.24, 2.45) is 0 Å². The van der Waals surface area contributed by atoms with E-state index in [2.05, 4.69) is 0 Å². The molecule has 1 aromatic carbocycles. The van der Waals surface area contributed by atoms with Crippen molar-refractivity contribution in [1.82, 2.24) is 9.80 Å². The van der Waals surface area contributed by atoms with Gasteiger partial charge in [-0.15, -0.1) is 11.3 Å². The van der Waals surface area contributed by atoms with Crippen LogP contribution in [0.5, 0.6) is 0 Å². The molecule has 162 valence electrons. The van der Waals surface area contributed by atoms with Crippen LogP contribution < -0.4 is 0 Å². The molecule has 0 spiro atoms. The number of hydrogen-bond donors (Lipinski definition) is 0. The smallest absolute Gasteiger partial charge is 0.290 e. The minimum Gasteiger partial charge on any atom is -0.459 e. The van der Waals surface area contributed by atoms with Crippen LogP contribution in [0.15, 0.2) is 52.5 Å². The molecule has 1 unspecified atom stereocenters. The molecule has 0 fully saturated rings. The standard InChI is InChI=1S/C23H22Cl2N2O3S/c1-14(2)27(23(29)19-4-3-10-30-19)13-21(28)26-9-7-20-17(8-11-31-20)22(26)16-6-5-15(24)12-18(16)25/h3-6,8,10-12,14,22H,7,9,13H2,1-2H3. The lowest BCUT2D eigenvalue weighted by atomic mass is 9.93. The minimum atomic E-state index is -0.319. The third-order valence-electron chi connectivity index (χ3n) is 5.47. The molecule has 0 saturated carbocycles. The Morgan fingerprint density at radius 2 is 2.03 bits per heavy atom. The van der Waals surface area contributed by atoms with E-state index in [-0.39, 0.29) is 36.2 Å². The predicted octanol–water partition coefficient (Wildman–Crippen LogP) is 5.67. The number of carbonyl (C=O) groups excluding carboxylic acids is 2. The van der Waals surface area contributed by atoms with Crippen LogP contribution >= 0.6 is 34.5 Å². The summed E-state index contributed by atoms with van der Waals surface area (Å²) in [5.41, 5.74) is 1.90. The molecular formula is C23H22Cl2N2O3S. The maximum atomic E-state index is 13.5. The fraction of sp³-hybridized carbons (Fsp3) is 0.304. The van der Waals surface area contributed by atoms with Gasteiger partial charge in [0.1, 0.15) is 6.54 Å². The Morgan fingerprint density at radius 1 is 1.23 bits per heavy atom. The van der Waals surface area contributed by atoms with E-state index in [4.69, 9.17) is 27.6 Å². The normalized spacial score (nSPS) is 15.8. The monoisotopic (exact) mass is 476 g/mol. The summed E-state index contributed by atoms with van der Waals surface area (Å²) in [5, 5.41) is 3.10. The minimum absolute atomic E-state index is 0.0433. The molecule has 1 aliphatic heterocycles. The highest BCUT2D eigenvalue weighted by Gasteiger charge is 2.35. The Hall–Kier alpha value is -2.28. The van der Waals surface area contributed by atoms with Crippen LogP contribution in [0.4, 0.5) is 0 Å². The average molecular weight is 477 g/mol. The highest BCUT2D eigenvalue weighted by atomic mass is 35.5. The first-order valence-electron chi connectivity index (χ1n) is 10.0. The van der Waals surface area contributed by atoms with E-state index in [9.17, 15) is 9.59 Å². The topological polar surface area (TPSA) is 53.8 Å². The Bertz CT molecular complexity index is 1090. The van der Waals surface area contributed by atoms with E-state index in [0.29, 0.717) is 16.6 Å². The number of fused-ring (bicyclic) bond motifs is 1. The molecule has 2 aromatic heterocycles. The highest BCUT2D eigenvalue weighted by molar-refractivity contribution is 7.10. The molecule has 0 N–H and O–H groups in total. The summed E-state index contributed by atoms with van der Waals surface area (Å²) in [4.78, 5) is 31.0. The third kappa shape index (κ3) is 4.38. The van der Waals surface area contributed by atoms with Crippen molar-refractivity contribution in [2.75, 3.05) is 13.1 Å². The van der Waals surface area contributed by atoms with Gasteiger partial charge < -0.3 is 14.2 Å². The Balaban J connectivity index is 1.66. The molecular weight excluding hydrogens is 455 g/mol. The zero-order chi connectivity index (χ0) is 22.1. The summed E-state index contributed by atoms with van der Waals surface area (Å²) in [5.74, 6) is -0.221. The lowest BCUT2D eigenvalue weighted by Gasteiger charge is -2.38. The van der Waals surface area contributed by atoms with Gasteiger partial charge in [0.2, 0.25) is 5.91 Å². The molecule has 4 rings (SSSR count). The lowest BCUT2D eigenvalue weighted by Crippen LogP contribution is -2.48. The first-order chi connectivity index (χ1) is 14.9. The lowest BCUT2D eigenvalue weighted by molar-refractivity contribution is -0.134. The second kappa shape index (κ2) is 9.07. The highest BCUT2D eigenvalue weighted by Crippen LogP contribution is 2.41. The van der Waals surface area contributed by atoms with Crippen molar-refractivity contribution in [3.05, 3.63) is 79.9 Å². The maximum Gasteiger partial charge on any atom is 0.290 e. The number of nitrogens with zero attached hydrogens (tertiary/aromatic N) is 2. The third-order valence-corrected chi connectivity index (χ3v) is 7.02. The van der Waals surface area contributed by atoms with Gasteiger partial charge in [0.15, 0.2) is 5.76 Å². The quantitative estimate of drug-likeness (QED) is 0.476. The molecule has 0 bridgehead atoms. The molecule has 31 heavy (non-hydrogen) atoms. The van der Waals surface area contributed by atoms with E-state index in [1.54, 1.807) is 35.6 Å². The van der Waals surface area contributed by atoms with Crippen LogP contribution in [0.1, 0.15) is 46.4 Å². The van der Waals surface area contributed by atoms with Gasteiger partial charge in [-0.2, -0.15) is 0 Å². The number of halogens is 2. The van der Waals surface area contributed by atoms with Gasteiger partial charge in [-0.25, -0.2) is 0 Å². The Kier molecular flexibility index (Phi) is 6.42. The second-order valence-corrected chi connectivity index (χ2v) is 9.55. The number of hydrogen-bond acceptors (Lipinski definition) is 4. The number of thiophene rings is 1. The first kappa shape index (κ1) is 21.9. The van der Waals surface area contributed by atoms with Crippen LogP contribution in [-0.4, -0.2) is 40.7 Å². The van der Waals surface area contributed by atoms with Gasteiger partial charge in [-0.1, -0.05) is 29.3 Å². The van der Waals surface area contributed by atoms with Gasteiger partial charge in [-0.05, 0) is 67.1 Å². The van der Waals surface area contributed by atoms with Crippen molar-refractivity contribution in [3.8, 4) is 0 Å². The number of amides is 2. The zero-order valence-electron chi connectivity index (χ0n) is 17.2. The van der Waals surface area contributed by atoms with Gasteiger partial charge in [0.25, 0.3) is 5.91 Å². The molecule has 5 nitrogen and oxygen atoms in total. The number of benzene rings is 1. The summed E-state index contributed by atoms with van der Waals surface area (Å²) in [6, 6.07) is 10.2. The molecule has 1 atom stereocenters. The summed E-state index contributed by atoms with van der Waals surface area (Å²) < 4.78 is 5.26. The van der Waals surface area contributed by atoms with E-state index in [1.165, 1.54) is 16.0 Å². The maximum absolute atomic E-state index is 13.5. The molecule has 0 saturated heterocycles. The van der Waals surface area contributed by atoms with Crippen LogP contribution in [0.25, 0.3) is 0 Å². The van der Waals surface area contributed by atoms with Gasteiger partial charge in [-0.3, -0.25) is 9.59 Å². The molecule has 0 radical (unpaired) electrons. The zero-order valence-corrected chi connectivity index (χ0v) is 19.5. The summed E-state index contributed by atoms with van der Waals surface area (Å²) in [6.07, 6.45) is 2.23. The fourth-order valence-corrected chi connectivity index (χ4v) is 5.33. The van der Waals surface area contributed by atoms with Crippen LogP contribution in [-0.2, 0) is 11.2 Å². The molecule has 3 aromatic rings. The molecule has 0 aliphatic carbocycles. The van der Waals surface area contributed by atoms with Gasteiger partial charge in [0, 0.05) is 27.5 Å². The van der Waals surface area contributed by atoms with E-state index < -0.39 is 0 Å². The second-order valence-electron chi connectivity index (χ2n) is 7.71. The molecule has 2 amide bonds. The van der Waals surface area contributed by atoms with Crippen LogP contribution in [0.2, 0.25) is 10.0 Å². The van der Waals surface area contributed by atoms with Crippen molar-refractivity contribution in [1.29, 1.82) is 0 Å². The summed E-state index contributed by atoms with van der Waals surface area (Å²) >= 11 is 14.3. The Morgan fingerprint density at radius 3 is 2.71 bits per heavy atom. The van der Waals surface area contributed by atoms with Crippen molar-refractivity contribution in [3.63, 3.8) is 0 Å². The van der Waals surface area contributed by atoms with Crippen LogP contribution in [0, 0.1) is 0 Å². The average Bonchev–Trinajstić information content (AvgIpc) is 3.42. The van der Waals surface area contributed by atoms with E-state index in [0.717, 1.165) is 17.5 Å². The molecule has 8 heteroatoms. The number of furan rings is 1. The SMILES string of the molecule is CC(C)N(CC(=O)N1CCc2sccc2C1c1ccc(Cl)cc1Cl)C(=O)c1ccco1. The molecule has 3 heterocycles. The predicted molar refractivity (Wildman–Crippen MR) is 123 cm³/mol. The summed E-state index contributed by atoms with van der Waals surface area (Å²) in [6.45, 7) is 4.28. The van der Waals surface area contributed by atoms with Gasteiger partial charge in [0.05, 0.1) is 12.3 Å². The van der Waals surface area contributed by atoms with E-state index in [1.807, 2.05) is 36.3 Å². The van der Waals surface area contributed by atoms with Crippen molar-refractivity contribution < 1.29 is 14.0 Å². The Labute approximate surface area is 195 Å². The van der Waals surface area contributed by atoms with Gasteiger partial charge >= 0.3 is 0 Å². The van der Waals surface area contributed by atoms with E-state index >= 15 is 0 Å². The largest absolute Gasteiger partial charge is 0.459 e. The van der Waals surface area contributed by atoms with Crippen molar-refractivity contribution >= 4 is 46.4 Å².